The monoisotopic (exact) mass is 393 g/mol. The van der Waals surface area contributed by atoms with Crippen LogP contribution in [0, 0.1) is 0 Å². The zero-order valence-electron chi connectivity index (χ0n) is 14.3. The average molecular weight is 394 g/mol. The number of amides is 1. The molecule has 0 aliphatic carbocycles. The number of hydrogen-bond donors (Lipinski definition) is 1. The molecule has 0 saturated carbocycles. The number of methoxy groups -OCH3 is 1. The van der Waals surface area contributed by atoms with E-state index in [0.29, 0.717) is 11.4 Å². The van der Waals surface area contributed by atoms with Crippen LogP contribution in [0.5, 0.6) is 5.75 Å². The fraction of sp³-hybridized carbons (Fsp3) is 0.263. The van der Waals surface area contributed by atoms with Crippen molar-refractivity contribution in [2.45, 2.75) is 25.5 Å². The Bertz CT molecular complexity index is 882. The number of Topliss-reactive ketones (excluding diaryl/α,β-unsaturated/α-hetero) is 1. The van der Waals surface area contributed by atoms with Gasteiger partial charge in [-0.25, -0.2) is 0 Å². The number of halogens is 2. The molecule has 3 rings (SSSR count). The van der Waals surface area contributed by atoms with Gasteiger partial charge in [-0.1, -0.05) is 35.3 Å². The molecule has 0 fully saturated rings. The summed E-state index contributed by atoms with van der Waals surface area (Å²) in [4.78, 5) is 26.1. The molecule has 1 aliphatic rings. The second-order valence-corrected chi connectivity index (χ2v) is 7.05. The molecule has 5 nitrogen and oxygen atoms in total. The number of hydrogen-bond acceptors (Lipinski definition) is 4. The maximum absolute atomic E-state index is 13.0. The minimum atomic E-state index is -2.02. The minimum Gasteiger partial charge on any atom is -0.497 e. The van der Waals surface area contributed by atoms with Crippen LogP contribution in [-0.2, 0) is 21.7 Å². The Labute approximate surface area is 161 Å². The molecule has 0 unspecified atom stereocenters. The van der Waals surface area contributed by atoms with Crippen LogP contribution in [0.2, 0.25) is 10.0 Å². The van der Waals surface area contributed by atoms with Gasteiger partial charge in [-0.3, -0.25) is 9.59 Å². The van der Waals surface area contributed by atoms with Gasteiger partial charge in [0.25, 0.3) is 5.91 Å². The molecule has 26 heavy (non-hydrogen) atoms. The van der Waals surface area contributed by atoms with Crippen molar-refractivity contribution in [2.75, 3.05) is 12.0 Å². The largest absolute Gasteiger partial charge is 0.497 e. The van der Waals surface area contributed by atoms with Crippen molar-refractivity contribution < 1.29 is 19.4 Å². The van der Waals surface area contributed by atoms with Gasteiger partial charge in [-0.05, 0) is 36.8 Å². The van der Waals surface area contributed by atoms with E-state index in [-0.39, 0.29) is 34.4 Å². The number of fused-ring (bicyclic) bond motifs is 1. The Morgan fingerprint density at radius 3 is 2.35 bits per heavy atom. The molecule has 0 saturated heterocycles. The second kappa shape index (κ2) is 6.91. The van der Waals surface area contributed by atoms with E-state index in [9.17, 15) is 14.7 Å². The summed E-state index contributed by atoms with van der Waals surface area (Å²) >= 11 is 12.6. The van der Waals surface area contributed by atoms with Crippen LogP contribution in [-0.4, -0.2) is 23.9 Å². The quantitative estimate of drug-likeness (QED) is 0.840. The number of carbonyl (C=O) groups excluding carboxylic acids is 2. The topological polar surface area (TPSA) is 66.8 Å². The molecule has 2 aromatic rings. The van der Waals surface area contributed by atoms with Gasteiger partial charge in [0.05, 0.1) is 24.4 Å². The summed E-state index contributed by atoms with van der Waals surface area (Å²) in [6.45, 7) is 1.49. The highest BCUT2D eigenvalue weighted by molar-refractivity contribution is 6.38. The molecule has 2 aromatic carbocycles. The molecule has 1 atom stereocenters. The summed E-state index contributed by atoms with van der Waals surface area (Å²) in [5.41, 5.74) is -0.687. The number of rotatable bonds is 5. The van der Waals surface area contributed by atoms with Gasteiger partial charge in [0.2, 0.25) is 0 Å². The van der Waals surface area contributed by atoms with Crippen LogP contribution in [0.3, 0.4) is 0 Å². The van der Waals surface area contributed by atoms with Crippen molar-refractivity contribution in [3.05, 3.63) is 57.6 Å². The Kier molecular flexibility index (Phi) is 4.97. The molecule has 1 aliphatic heterocycles. The summed E-state index contributed by atoms with van der Waals surface area (Å²) in [5, 5.41) is 11.5. The fourth-order valence-corrected chi connectivity index (χ4v) is 3.79. The van der Waals surface area contributed by atoms with E-state index in [1.165, 1.54) is 17.9 Å². The third-order valence-corrected chi connectivity index (χ3v) is 4.98. The lowest BCUT2D eigenvalue weighted by atomic mass is 9.90. The van der Waals surface area contributed by atoms with E-state index in [4.69, 9.17) is 27.9 Å². The number of ether oxygens (including phenoxy) is 1. The van der Waals surface area contributed by atoms with Crippen molar-refractivity contribution in [3.63, 3.8) is 0 Å². The maximum atomic E-state index is 13.0. The highest BCUT2D eigenvalue weighted by atomic mass is 35.5. The number of ketones is 1. The van der Waals surface area contributed by atoms with E-state index < -0.39 is 11.5 Å². The van der Waals surface area contributed by atoms with E-state index in [1.54, 1.807) is 25.3 Å². The zero-order chi connectivity index (χ0) is 19.1. The zero-order valence-corrected chi connectivity index (χ0v) is 15.8. The third kappa shape index (κ3) is 3.07. The van der Waals surface area contributed by atoms with Crippen molar-refractivity contribution in [1.82, 2.24) is 0 Å². The lowest BCUT2D eigenvalue weighted by molar-refractivity contribution is -0.141. The predicted octanol–water partition coefficient (Wildman–Crippen LogP) is 3.72. The Morgan fingerprint density at radius 1 is 1.15 bits per heavy atom. The van der Waals surface area contributed by atoms with Crippen molar-refractivity contribution in [2.24, 2.45) is 0 Å². The number of carbonyl (C=O) groups is 2. The van der Waals surface area contributed by atoms with Crippen LogP contribution >= 0.6 is 23.2 Å². The van der Waals surface area contributed by atoms with Gasteiger partial charge in [-0.15, -0.1) is 0 Å². The van der Waals surface area contributed by atoms with Gasteiger partial charge in [0.15, 0.2) is 5.60 Å². The Balaban J connectivity index is 2.08. The summed E-state index contributed by atoms with van der Waals surface area (Å²) in [6.07, 6.45) is -0.363. The van der Waals surface area contributed by atoms with Gasteiger partial charge >= 0.3 is 0 Å². The summed E-state index contributed by atoms with van der Waals surface area (Å²) in [7, 11) is 1.57. The molecule has 1 amide bonds. The van der Waals surface area contributed by atoms with Crippen LogP contribution in [0.15, 0.2) is 36.4 Å². The van der Waals surface area contributed by atoms with Crippen LogP contribution < -0.4 is 9.64 Å². The predicted molar refractivity (Wildman–Crippen MR) is 99.8 cm³/mol. The second-order valence-electron chi connectivity index (χ2n) is 6.23. The first-order valence-electron chi connectivity index (χ1n) is 7.93. The van der Waals surface area contributed by atoms with Crippen molar-refractivity contribution >= 4 is 40.6 Å². The molecule has 0 bridgehead atoms. The third-order valence-electron chi connectivity index (χ3n) is 4.36. The fourth-order valence-electron chi connectivity index (χ4n) is 3.22. The van der Waals surface area contributed by atoms with E-state index >= 15 is 0 Å². The van der Waals surface area contributed by atoms with E-state index in [0.717, 1.165) is 5.56 Å². The van der Waals surface area contributed by atoms with Gasteiger partial charge in [0, 0.05) is 17.0 Å². The van der Waals surface area contributed by atoms with E-state index in [2.05, 4.69) is 0 Å². The number of nitrogens with zero attached hydrogens (tertiary/aromatic N) is 1. The number of anilines is 1. The maximum Gasteiger partial charge on any atom is 0.264 e. The molecular weight excluding hydrogens is 377 g/mol. The SMILES string of the molecule is COc1ccc(CN2C(=O)[C@](O)(CC(C)=O)c3c(Cl)ccc(Cl)c32)cc1. The minimum absolute atomic E-state index is 0.177. The summed E-state index contributed by atoms with van der Waals surface area (Å²) < 4.78 is 5.13. The molecule has 1 N–H and O–H groups in total. The highest BCUT2D eigenvalue weighted by Crippen LogP contribution is 2.50. The van der Waals surface area contributed by atoms with Crippen molar-refractivity contribution in [3.8, 4) is 5.75 Å². The summed E-state index contributed by atoms with van der Waals surface area (Å²) in [5.74, 6) is -0.251. The van der Waals surface area contributed by atoms with Crippen LogP contribution in [0.1, 0.15) is 24.5 Å². The smallest absolute Gasteiger partial charge is 0.264 e. The Hall–Kier alpha value is -2.08. The lowest BCUT2D eigenvalue weighted by Gasteiger charge is -2.22. The van der Waals surface area contributed by atoms with Crippen molar-refractivity contribution in [1.29, 1.82) is 0 Å². The van der Waals surface area contributed by atoms with Crippen LogP contribution in [0.4, 0.5) is 5.69 Å². The number of benzene rings is 2. The molecule has 1 heterocycles. The van der Waals surface area contributed by atoms with Gasteiger partial charge in [-0.2, -0.15) is 0 Å². The van der Waals surface area contributed by atoms with Gasteiger partial charge < -0.3 is 14.7 Å². The molecule has 0 aromatic heterocycles. The lowest BCUT2D eigenvalue weighted by Crippen LogP contribution is -2.41. The molecule has 0 spiro atoms. The molecule has 7 heteroatoms. The first-order valence-corrected chi connectivity index (χ1v) is 8.68. The molecular formula is C19H17Cl2NO4. The Morgan fingerprint density at radius 2 is 1.77 bits per heavy atom. The molecule has 136 valence electrons. The molecule has 0 radical (unpaired) electrons. The average Bonchev–Trinajstić information content (AvgIpc) is 2.81. The highest BCUT2D eigenvalue weighted by Gasteiger charge is 2.52. The normalized spacial score (nSPS) is 18.8. The number of aliphatic hydroxyl groups is 1. The first kappa shape index (κ1) is 18.7. The summed E-state index contributed by atoms with van der Waals surface area (Å²) in [6, 6.07) is 10.3. The van der Waals surface area contributed by atoms with Crippen LogP contribution in [0.25, 0.3) is 0 Å². The van der Waals surface area contributed by atoms with Gasteiger partial charge in [0.1, 0.15) is 11.5 Å². The standard InChI is InChI=1S/C19H17Cl2NO4/c1-11(23)9-19(25)16-14(20)7-8-15(21)17(16)22(18(19)24)10-12-3-5-13(26-2)6-4-12/h3-8,25H,9-10H2,1-2H3/t19-/m0/s1. The van der Waals surface area contributed by atoms with E-state index in [1.807, 2.05) is 12.1 Å². The first-order chi connectivity index (χ1) is 12.3.